The number of halogens is 1. The van der Waals surface area contributed by atoms with Crippen molar-refractivity contribution in [3.05, 3.63) is 46.4 Å². The van der Waals surface area contributed by atoms with Crippen molar-refractivity contribution in [3.8, 4) is 0 Å². The van der Waals surface area contributed by atoms with Gasteiger partial charge in [0, 0.05) is 31.1 Å². The summed E-state index contributed by atoms with van der Waals surface area (Å²) in [6, 6.07) is 8.62. The third-order valence-corrected chi connectivity index (χ3v) is 6.96. The minimum atomic E-state index is -1.17. The largest absolute Gasteiger partial charge is 0.368 e. The van der Waals surface area contributed by atoms with Gasteiger partial charge in [0.1, 0.15) is 5.82 Å². The number of rotatable bonds is 5. The summed E-state index contributed by atoms with van der Waals surface area (Å²) in [5, 5.41) is 14.9. The molecule has 4 rings (SSSR count). The molecule has 0 saturated carbocycles. The van der Waals surface area contributed by atoms with Crippen LogP contribution in [0.5, 0.6) is 0 Å². The van der Waals surface area contributed by atoms with Crippen molar-refractivity contribution in [1.29, 1.82) is 0 Å². The molecule has 3 heterocycles. The van der Waals surface area contributed by atoms with Crippen LogP contribution in [0, 0.1) is 5.82 Å². The van der Waals surface area contributed by atoms with E-state index >= 15 is 0 Å². The highest BCUT2D eigenvalue weighted by atomic mass is 32.2. The number of hydrogen-bond donors (Lipinski definition) is 2. The molecule has 0 bridgehead atoms. The average molecular weight is 438 g/mol. The lowest BCUT2D eigenvalue weighted by Gasteiger charge is -2.25. The molecule has 2 aliphatic heterocycles. The van der Waals surface area contributed by atoms with Crippen LogP contribution < -0.4 is 15.1 Å². The van der Waals surface area contributed by atoms with Gasteiger partial charge in [0.05, 0.1) is 23.2 Å². The third kappa shape index (κ3) is 4.85. The van der Waals surface area contributed by atoms with Gasteiger partial charge in [-0.2, -0.15) is 11.8 Å². The number of aliphatic hydroxyl groups excluding tert-OH is 1. The highest BCUT2D eigenvalue weighted by Gasteiger charge is 2.32. The lowest BCUT2D eigenvalue weighted by molar-refractivity contribution is -0.0868. The van der Waals surface area contributed by atoms with E-state index in [2.05, 4.69) is 10.2 Å². The summed E-state index contributed by atoms with van der Waals surface area (Å²) in [5.74, 6) is 1.65. The maximum absolute atomic E-state index is 14.8. The van der Waals surface area contributed by atoms with Gasteiger partial charge >= 0.3 is 0 Å². The number of nitrogens with zero attached hydrogens (tertiary/aromatic N) is 2. The van der Waals surface area contributed by atoms with E-state index in [1.54, 1.807) is 17.0 Å². The Labute approximate surface area is 177 Å². The van der Waals surface area contributed by atoms with Crippen LogP contribution in [-0.2, 0) is 4.74 Å². The Kier molecular flexibility index (Phi) is 6.59. The molecule has 2 saturated heterocycles. The molecule has 2 atom stereocenters. The maximum atomic E-state index is 14.8. The van der Waals surface area contributed by atoms with Crippen LogP contribution in [0.2, 0.25) is 0 Å². The number of thioether (sulfide) groups is 1. The molecule has 156 valence electrons. The molecular weight excluding hydrogens is 413 g/mol. The minimum absolute atomic E-state index is 0.164. The molecule has 0 aliphatic carbocycles. The molecule has 2 aliphatic rings. The highest BCUT2D eigenvalue weighted by Crippen LogP contribution is 2.30. The summed E-state index contributed by atoms with van der Waals surface area (Å²) in [5.41, 5.74) is 1.17. The molecule has 1 unspecified atom stereocenters. The number of carbonyl (C=O) groups excluding carboxylic acids is 1. The van der Waals surface area contributed by atoms with Gasteiger partial charge in [-0.3, -0.25) is 4.79 Å². The smallest absolute Gasteiger partial charge is 0.261 e. The first-order valence-electron chi connectivity index (χ1n) is 9.66. The van der Waals surface area contributed by atoms with E-state index in [1.165, 1.54) is 17.4 Å². The molecular formula is C20H24FN3O3S2. The van der Waals surface area contributed by atoms with Crippen molar-refractivity contribution in [2.45, 2.75) is 18.9 Å². The Morgan fingerprint density at radius 1 is 1.31 bits per heavy atom. The predicted molar refractivity (Wildman–Crippen MR) is 115 cm³/mol. The maximum Gasteiger partial charge on any atom is 0.261 e. The molecule has 1 amide bonds. The summed E-state index contributed by atoms with van der Waals surface area (Å²) < 4.78 is 20.3. The zero-order valence-electron chi connectivity index (χ0n) is 15.9. The van der Waals surface area contributed by atoms with E-state index < -0.39 is 6.41 Å². The van der Waals surface area contributed by atoms with Gasteiger partial charge in [0.25, 0.3) is 5.91 Å². The first-order valence-corrected chi connectivity index (χ1v) is 11.7. The van der Waals surface area contributed by atoms with E-state index in [-0.39, 0.29) is 24.4 Å². The Hall–Kier alpha value is -1.81. The quantitative estimate of drug-likeness (QED) is 0.750. The molecule has 0 radical (unpaired) electrons. The number of anilines is 2. The second-order valence-electron chi connectivity index (χ2n) is 7.01. The molecule has 2 N–H and O–H groups in total. The van der Waals surface area contributed by atoms with Crippen LogP contribution in [0.1, 0.15) is 16.1 Å². The van der Waals surface area contributed by atoms with Crippen LogP contribution >= 0.6 is 23.1 Å². The first-order chi connectivity index (χ1) is 14.1. The normalized spacial score (nSPS) is 22.6. The van der Waals surface area contributed by atoms with E-state index in [0.717, 1.165) is 31.0 Å². The molecule has 6 nitrogen and oxygen atoms in total. The first kappa shape index (κ1) is 20.5. The lowest BCUT2D eigenvalue weighted by Crippen LogP contribution is -2.34. The SMILES string of the molecule is O=C(NC[C@H]1CN(c2ccc(N3CCCSCC3)c(F)c2)C(O)O1)c1cccs1. The number of carbonyl (C=O) groups is 1. The fraction of sp³-hybridized carbons (Fsp3) is 0.450. The van der Waals surface area contributed by atoms with Gasteiger partial charge < -0.3 is 25.0 Å². The minimum Gasteiger partial charge on any atom is -0.368 e. The third-order valence-electron chi connectivity index (χ3n) is 5.04. The van der Waals surface area contributed by atoms with Crippen molar-refractivity contribution in [2.24, 2.45) is 0 Å². The van der Waals surface area contributed by atoms with Gasteiger partial charge in [-0.05, 0) is 41.8 Å². The molecule has 9 heteroatoms. The Bertz CT molecular complexity index is 828. The van der Waals surface area contributed by atoms with Gasteiger partial charge in [-0.25, -0.2) is 4.39 Å². The average Bonchev–Trinajstić information content (AvgIpc) is 3.30. The van der Waals surface area contributed by atoms with Crippen molar-refractivity contribution in [3.63, 3.8) is 0 Å². The Balaban J connectivity index is 1.38. The monoisotopic (exact) mass is 437 g/mol. The van der Waals surface area contributed by atoms with Gasteiger partial charge in [-0.15, -0.1) is 11.3 Å². The number of hydrogen-bond acceptors (Lipinski definition) is 7. The zero-order chi connectivity index (χ0) is 20.2. The predicted octanol–water partition coefficient (Wildman–Crippen LogP) is 2.74. The molecule has 0 spiro atoms. The van der Waals surface area contributed by atoms with Crippen LogP contribution in [0.25, 0.3) is 0 Å². The highest BCUT2D eigenvalue weighted by molar-refractivity contribution is 7.99. The summed E-state index contributed by atoms with van der Waals surface area (Å²) in [7, 11) is 0. The lowest BCUT2D eigenvalue weighted by atomic mass is 10.2. The summed E-state index contributed by atoms with van der Waals surface area (Å²) in [6.07, 6.45) is -0.499. The number of ether oxygens (including phenoxy) is 1. The topological polar surface area (TPSA) is 65.0 Å². The second kappa shape index (κ2) is 9.34. The van der Waals surface area contributed by atoms with E-state index in [0.29, 0.717) is 22.8 Å². The second-order valence-corrected chi connectivity index (χ2v) is 9.19. The number of benzene rings is 1. The van der Waals surface area contributed by atoms with Gasteiger partial charge in [0.15, 0.2) is 0 Å². The number of nitrogens with one attached hydrogen (secondary N) is 1. The summed E-state index contributed by atoms with van der Waals surface area (Å²) in [4.78, 5) is 16.4. The zero-order valence-corrected chi connectivity index (χ0v) is 17.6. The van der Waals surface area contributed by atoms with Crippen LogP contribution in [0.4, 0.5) is 15.8 Å². The van der Waals surface area contributed by atoms with Crippen molar-refractivity contribution < 1.29 is 19.0 Å². The fourth-order valence-electron chi connectivity index (χ4n) is 3.56. The molecule has 29 heavy (non-hydrogen) atoms. The van der Waals surface area contributed by atoms with Gasteiger partial charge in [0.2, 0.25) is 6.41 Å². The van der Waals surface area contributed by atoms with Crippen molar-refractivity contribution in [2.75, 3.05) is 47.5 Å². The number of amides is 1. The molecule has 1 aromatic heterocycles. The van der Waals surface area contributed by atoms with Crippen LogP contribution in [0.3, 0.4) is 0 Å². The van der Waals surface area contributed by atoms with Gasteiger partial charge in [-0.1, -0.05) is 6.07 Å². The molecule has 2 fully saturated rings. The van der Waals surface area contributed by atoms with Crippen molar-refractivity contribution in [1.82, 2.24) is 5.32 Å². The number of thiophene rings is 1. The molecule has 1 aromatic carbocycles. The summed E-state index contributed by atoms with van der Waals surface area (Å²) in [6.45, 7) is 2.33. The Morgan fingerprint density at radius 2 is 2.21 bits per heavy atom. The summed E-state index contributed by atoms with van der Waals surface area (Å²) >= 11 is 3.27. The fourth-order valence-corrected chi connectivity index (χ4v) is 5.09. The van der Waals surface area contributed by atoms with Crippen LogP contribution in [-0.4, -0.2) is 61.2 Å². The van der Waals surface area contributed by atoms with E-state index in [9.17, 15) is 14.3 Å². The molecule has 2 aromatic rings. The standard InChI is InChI=1S/C20H24FN3O3S2/c21-16-11-14(4-5-17(16)23-6-2-8-28-10-7-23)24-13-15(27-20(24)26)12-22-19(25)18-3-1-9-29-18/h1,3-5,9,11,15,20,26H,2,6-8,10,12-13H2,(H,22,25)/t15-,20?/m0/s1. The Morgan fingerprint density at radius 3 is 3.00 bits per heavy atom. The van der Waals surface area contributed by atoms with Crippen molar-refractivity contribution >= 4 is 40.4 Å². The number of aliphatic hydroxyl groups is 1. The van der Waals surface area contributed by atoms with Crippen LogP contribution in [0.15, 0.2) is 35.7 Å². The van der Waals surface area contributed by atoms with E-state index in [4.69, 9.17) is 4.74 Å². The van der Waals surface area contributed by atoms with E-state index in [1.807, 2.05) is 29.3 Å².